The minimum atomic E-state index is 1.02. The van der Waals surface area contributed by atoms with E-state index in [0.717, 1.165) is 6.54 Å². The van der Waals surface area contributed by atoms with Crippen molar-refractivity contribution in [2.45, 2.75) is 13.5 Å². The molecule has 1 heterocycles. The van der Waals surface area contributed by atoms with Gasteiger partial charge in [0.05, 0.1) is 0 Å². The van der Waals surface area contributed by atoms with E-state index in [1.54, 1.807) is 0 Å². The minimum Gasteiger partial charge on any atom is -0.341 e. The van der Waals surface area contributed by atoms with Gasteiger partial charge in [-0.25, -0.2) is 0 Å². The van der Waals surface area contributed by atoms with Crippen LogP contribution in [0.25, 0.3) is 44.1 Å². The maximum atomic E-state index is 2.37. The standard InChI is InChI=1S/C18H14.C14H13N/c1-3-9-15(10-4-1)17-13-7-8-14-18(17)16-11-5-2-6-12-16;1-2-15-13-9-5-3-7-11(13)12-8-4-6-10-14(12)15/h1-14H;3-10H,2H2,1H3. The molecule has 0 amide bonds. The zero-order valence-electron chi connectivity index (χ0n) is 18.9. The van der Waals surface area contributed by atoms with E-state index in [4.69, 9.17) is 0 Å². The van der Waals surface area contributed by atoms with Crippen molar-refractivity contribution in [2.75, 3.05) is 0 Å². The van der Waals surface area contributed by atoms with Gasteiger partial charge in [-0.3, -0.25) is 0 Å². The summed E-state index contributed by atoms with van der Waals surface area (Å²) < 4.78 is 2.37. The molecule has 6 aromatic rings. The molecule has 0 aliphatic carbocycles. The van der Waals surface area contributed by atoms with E-state index < -0.39 is 0 Å². The van der Waals surface area contributed by atoms with E-state index in [9.17, 15) is 0 Å². The van der Waals surface area contributed by atoms with Crippen molar-refractivity contribution >= 4 is 21.8 Å². The van der Waals surface area contributed by atoms with Gasteiger partial charge in [0.1, 0.15) is 0 Å². The van der Waals surface area contributed by atoms with Gasteiger partial charge in [-0.1, -0.05) is 121 Å². The monoisotopic (exact) mass is 425 g/mol. The van der Waals surface area contributed by atoms with Crippen LogP contribution in [0.15, 0.2) is 133 Å². The summed E-state index contributed by atoms with van der Waals surface area (Å²) in [6.07, 6.45) is 0. The van der Waals surface area contributed by atoms with Gasteiger partial charge in [-0.2, -0.15) is 0 Å². The largest absolute Gasteiger partial charge is 0.341 e. The molecule has 1 nitrogen and oxygen atoms in total. The molecular weight excluding hydrogens is 398 g/mol. The number of para-hydroxylation sites is 2. The molecule has 33 heavy (non-hydrogen) atoms. The van der Waals surface area contributed by atoms with Gasteiger partial charge in [0.2, 0.25) is 0 Å². The van der Waals surface area contributed by atoms with Crippen molar-refractivity contribution < 1.29 is 0 Å². The molecule has 0 aliphatic heterocycles. The summed E-state index contributed by atoms with van der Waals surface area (Å²) in [5.74, 6) is 0. The number of hydrogen-bond acceptors (Lipinski definition) is 0. The van der Waals surface area contributed by atoms with Crippen LogP contribution in [0.3, 0.4) is 0 Å². The highest BCUT2D eigenvalue weighted by Crippen LogP contribution is 2.31. The number of aryl methyl sites for hydroxylation is 1. The highest BCUT2D eigenvalue weighted by atomic mass is 15.0. The molecule has 0 radical (unpaired) electrons. The lowest BCUT2D eigenvalue weighted by atomic mass is 9.95. The van der Waals surface area contributed by atoms with Crippen LogP contribution in [0.5, 0.6) is 0 Å². The Bertz CT molecular complexity index is 1370. The lowest BCUT2D eigenvalue weighted by Crippen LogP contribution is -1.91. The van der Waals surface area contributed by atoms with Crippen molar-refractivity contribution in [3.05, 3.63) is 133 Å². The molecule has 0 fully saturated rings. The van der Waals surface area contributed by atoms with E-state index in [-0.39, 0.29) is 0 Å². The highest BCUT2D eigenvalue weighted by Gasteiger charge is 2.07. The van der Waals surface area contributed by atoms with Gasteiger partial charge in [-0.05, 0) is 41.3 Å². The third-order valence-corrected chi connectivity index (χ3v) is 6.09. The first-order chi connectivity index (χ1) is 16.4. The number of benzene rings is 5. The van der Waals surface area contributed by atoms with Gasteiger partial charge < -0.3 is 4.57 Å². The van der Waals surface area contributed by atoms with Gasteiger partial charge in [-0.15, -0.1) is 0 Å². The molecule has 6 rings (SSSR count). The summed E-state index contributed by atoms with van der Waals surface area (Å²) in [5, 5.41) is 2.71. The van der Waals surface area contributed by atoms with E-state index in [1.165, 1.54) is 44.1 Å². The van der Waals surface area contributed by atoms with E-state index in [1.807, 2.05) is 0 Å². The zero-order valence-corrected chi connectivity index (χ0v) is 18.9. The summed E-state index contributed by atoms with van der Waals surface area (Å²) >= 11 is 0. The summed E-state index contributed by atoms with van der Waals surface area (Å²) in [4.78, 5) is 0. The number of nitrogens with zero attached hydrogens (tertiary/aromatic N) is 1. The Hall–Kier alpha value is -4.10. The molecule has 0 atom stereocenters. The van der Waals surface area contributed by atoms with Crippen LogP contribution < -0.4 is 0 Å². The Morgan fingerprint density at radius 3 is 1.21 bits per heavy atom. The Morgan fingerprint density at radius 1 is 0.424 bits per heavy atom. The molecule has 0 bridgehead atoms. The lowest BCUT2D eigenvalue weighted by Gasteiger charge is -2.09. The molecule has 0 saturated carbocycles. The van der Waals surface area contributed by atoms with Crippen LogP contribution in [-0.4, -0.2) is 4.57 Å². The number of aromatic nitrogens is 1. The van der Waals surface area contributed by atoms with Crippen LogP contribution in [0.1, 0.15) is 6.92 Å². The molecule has 1 aromatic heterocycles. The molecule has 5 aromatic carbocycles. The Kier molecular flexibility index (Phi) is 6.04. The molecule has 0 aliphatic rings. The molecule has 0 unspecified atom stereocenters. The SMILES string of the molecule is CCn1c2ccccc2c2ccccc21.c1ccc(-c2ccccc2-c2ccccc2)cc1. The zero-order chi connectivity index (χ0) is 22.5. The predicted octanol–water partition coefficient (Wildman–Crippen LogP) is 8.84. The maximum absolute atomic E-state index is 2.37. The van der Waals surface area contributed by atoms with Crippen molar-refractivity contribution in [2.24, 2.45) is 0 Å². The normalized spacial score (nSPS) is 10.7. The Morgan fingerprint density at radius 2 is 0.788 bits per heavy atom. The van der Waals surface area contributed by atoms with Crippen LogP contribution in [0.2, 0.25) is 0 Å². The number of fused-ring (bicyclic) bond motifs is 3. The molecule has 0 N–H and O–H groups in total. The van der Waals surface area contributed by atoms with Crippen LogP contribution in [0.4, 0.5) is 0 Å². The topological polar surface area (TPSA) is 4.93 Å². The third kappa shape index (κ3) is 4.18. The first kappa shape index (κ1) is 20.8. The summed E-state index contributed by atoms with van der Waals surface area (Å²) in [6, 6.07) is 46.8. The molecule has 160 valence electrons. The smallest absolute Gasteiger partial charge is 0.0491 e. The van der Waals surface area contributed by atoms with Gasteiger partial charge in [0.15, 0.2) is 0 Å². The van der Waals surface area contributed by atoms with Gasteiger partial charge >= 0.3 is 0 Å². The van der Waals surface area contributed by atoms with Crippen molar-refractivity contribution in [3.8, 4) is 22.3 Å². The van der Waals surface area contributed by atoms with Crippen molar-refractivity contribution in [3.63, 3.8) is 0 Å². The molecule has 0 spiro atoms. The Balaban J connectivity index is 0.000000140. The van der Waals surface area contributed by atoms with E-state index in [2.05, 4.69) is 145 Å². The third-order valence-electron chi connectivity index (χ3n) is 6.09. The molecule has 0 saturated heterocycles. The lowest BCUT2D eigenvalue weighted by molar-refractivity contribution is 0.827. The highest BCUT2D eigenvalue weighted by molar-refractivity contribution is 6.07. The maximum Gasteiger partial charge on any atom is 0.0491 e. The molecular formula is C32H27N. The minimum absolute atomic E-state index is 1.02. The second-order valence-corrected chi connectivity index (χ2v) is 8.06. The van der Waals surface area contributed by atoms with Gasteiger partial charge in [0, 0.05) is 28.4 Å². The number of hydrogen-bond donors (Lipinski definition) is 0. The molecule has 1 heteroatoms. The first-order valence-corrected chi connectivity index (χ1v) is 11.5. The fourth-order valence-electron chi connectivity index (χ4n) is 4.57. The average Bonchev–Trinajstić information content (AvgIpc) is 3.24. The van der Waals surface area contributed by atoms with E-state index in [0.29, 0.717) is 0 Å². The van der Waals surface area contributed by atoms with Crippen molar-refractivity contribution in [1.82, 2.24) is 4.57 Å². The predicted molar refractivity (Wildman–Crippen MR) is 142 cm³/mol. The van der Waals surface area contributed by atoms with Crippen LogP contribution in [0, 0.1) is 0 Å². The van der Waals surface area contributed by atoms with Crippen molar-refractivity contribution in [1.29, 1.82) is 0 Å². The fraction of sp³-hybridized carbons (Fsp3) is 0.0625. The second kappa shape index (κ2) is 9.58. The number of rotatable bonds is 3. The summed E-state index contributed by atoms with van der Waals surface area (Å²) in [7, 11) is 0. The van der Waals surface area contributed by atoms with E-state index >= 15 is 0 Å². The second-order valence-electron chi connectivity index (χ2n) is 8.06. The first-order valence-electron chi connectivity index (χ1n) is 11.5. The van der Waals surface area contributed by atoms with Gasteiger partial charge in [0.25, 0.3) is 0 Å². The van der Waals surface area contributed by atoms with Crippen LogP contribution in [-0.2, 0) is 6.54 Å². The summed E-state index contributed by atoms with van der Waals surface area (Å²) in [6.45, 7) is 3.22. The fourth-order valence-corrected chi connectivity index (χ4v) is 4.57. The quantitative estimate of drug-likeness (QED) is 0.267. The summed E-state index contributed by atoms with van der Waals surface area (Å²) in [5.41, 5.74) is 7.75. The van der Waals surface area contributed by atoms with Crippen LogP contribution >= 0.6 is 0 Å². The Labute approximate surface area is 195 Å². The average molecular weight is 426 g/mol.